The predicted molar refractivity (Wildman–Crippen MR) is 189 cm³/mol. The number of carbonyl (C=O) groups is 5. The number of carboxylic acid groups (broad SMARTS) is 1. The maximum atomic E-state index is 14.5. The van der Waals surface area contributed by atoms with Gasteiger partial charge in [0.15, 0.2) is 0 Å². The van der Waals surface area contributed by atoms with E-state index in [9.17, 15) is 29.1 Å². The quantitative estimate of drug-likeness (QED) is 0.226. The number of para-hydroxylation sites is 1. The number of hydrogen-bond acceptors (Lipinski definition) is 6. The van der Waals surface area contributed by atoms with Crippen LogP contribution in [0.3, 0.4) is 0 Å². The number of hydrogen-bond donors (Lipinski definition) is 4. The van der Waals surface area contributed by atoms with Gasteiger partial charge in [-0.1, -0.05) is 82.3 Å². The number of nitrogens with zero attached hydrogens (tertiary/aromatic N) is 2. The van der Waals surface area contributed by atoms with Crippen LogP contribution in [0.25, 0.3) is 11.1 Å². The van der Waals surface area contributed by atoms with Gasteiger partial charge >= 0.3 is 18.1 Å². The molecule has 12 nitrogen and oxygen atoms in total. The Bertz CT molecular complexity index is 1600. The highest BCUT2D eigenvalue weighted by molar-refractivity contribution is 5.99. The molecule has 3 unspecified atom stereocenters. The third kappa shape index (κ3) is 7.95. The average molecular weight is 688 g/mol. The first-order valence-electron chi connectivity index (χ1n) is 17.5. The molecule has 50 heavy (non-hydrogen) atoms. The first-order valence-corrected chi connectivity index (χ1v) is 17.5. The molecule has 2 aromatic rings. The Morgan fingerprint density at radius 1 is 1.06 bits per heavy atom. The van der Waals surface area contributed by atoms with Crippen LogP contribution < -0.4 is 16.0 Å². The highest BCUT2D eigenvalue weighted by Gasteiger charge is 2.48. The smallest absolute Gasteiger partial charge is 0.408 e. The summed E-state index contributed by atoms with van der Waals surface area (Å²) < 4.78 is 5.62. The van der Waals surface area contributed by atoms with Crippen molar-refractivity contribution in [1.82, 2.24) is 20.4 Å². The third-order valence-electron chi connectivity index (χ3n) is 10.1. The van der Waals surface area contributed by atoms with E-state index in [4.69, 9.17) is 4.74 Å². The van der Waals surface area contributed by atoms with Gasteiger partial charge in [-0.3, -0.25) is 9.59 Å². The molecule has 0 aromatic heterocycles. The van der Waals surface area contributed by atoms with Crippen LogP contribution in [0, 0.1) is 11.3 Å². The number of urea groups is 1. The van der Waals surface area contributed by atoms with E-state index in [0.29, 0.717) is 12.1 Å². The molecular formula is C38H49N5O7. The molecule has 1 aliphatic carbocycles. The predicted octanol–water partition coefficient (Wildman–Crippen LogP) is 5.54. The lowest BCUT2D eigenvalue weighted by atomic mass is 9.85. The SMILES string of the molecule is C=C[C@H](CC)C(NC(=O)C1CC(N2Cc3cccc(-c4ccccc4)c3NC2=O)CN1C(=O)[C@@H](NC(=O)OC1CCCC1)C(C)(C)C)C(=O)O. The van der Waals surface area contributed by atoms with Crippen molar-refractivity contribution < 1.29 is 33.8 Å². The average Bonchev–Trinajstić information content (AvgIpc) is 3.77. The number of benzene rings is 2. The molecule has 5 atom stereocenters. The molecule has 2 aliphatic heterocycles. The van der Waals surface area contributed by atoms with Gasteiger partial charge in [0.1, 0.15) is 24.2 Å². The fourth-order valence-electron chi connectivity index (χ4n) is 7.26. The number of rotatable bonds is 11. The van der Waals surface area contributed by atoms with Gasteiger partial charge in [0.05, 0.1) is 11.7 Å². The standard InChI is InChI=1S/C38H49N5O7/c1-6-23(7-2)31(35(46)47)39-33(44)29-20-26(22-43(29)34(45)32(38(3,4)5)41-37(49)50-27-17-11-12-18-27)42-21-25-16-13-19-28(30(25)40-36(42)48)24-14-9-8-10-15-24/h6,8-10,13-16,19,23,26-27,29,31-32H,1,7,11-12,17-18,20-22H2,2-5H3,(H,39,44)(H,40,48)(H,41,49)(H,46,47)/t23-,26?,29?,31?,32-/m1/s1. The Morgan fingerprint density at radius 3 is 2.38 bits per heavy atom. The van der Waals surface area contributed by atoms with E-state index >= 15 is 0 Å². The second-order valence-electron chi connectivity index (χ2n) is 14.5. The van der Waals surface area contributed by atoms with Gasteiger partial charge in [-0.25, -0.2) is 14.4 Å². The van der Waals surface area contributed by atoms with E-state index in [0.717, 1.165) is 42.4 Å². The summed E-state index contributed by atoms with van der Waals surface area (Å²) in [4.78, 5) is 70.6. The summed E-state index contributed by atoms with van der Waals surface area (Å²) in [5.74, 6) is -2.94. The third-order valence-corrected chi connectivity index (χ3v) is 10.1. The Hall–Kier alpha value is -4.87. The van der Waals surface area contributed by atoms with Crippen LogP contribution in [0.2, 0.25) is 0 Å². The molecular weight excluding hydrogens is 638 g/mol. The van der Waals surface area contributed by atoms with Crippen LogP contribution >= 0.6 is 0 Å². The summed E-state index contributed by atoms with van der Waals surface area (Å²) >= 11 is 0. The lowest BCUT2D eigenvalue weighted by Gasteiger charge is -2.36. The van der Waals surface area contributed by atoms with Crippen molar-refractivity contribution in [2.75, 3.05) is 11.9 Å². The molecule has 1 saturated heterocycles. The van der Waals surface area contributed by atoms with Crippen LogP contribution in [-0.2, 0) is 25.7 Å². The van der Waals surface area contributed by atoms with Gasteiger partial charge in [0.25, 0.3) is 0 Å². The molecule has 2 fully saturated rings. The van der Waals surface area contributed by atoms with Crippen molar-refractivity contribution >= 4 is 35.6 Å². The maximum Gasteiger partial charge on any atom is 0.408 e. The Labute approximate surface area is 293 Å². The molecule has 268 valence electrons. The monoisotopic (exact) mass is 687 g/mol. The zero-order valence-electron chi connectivity index (χ0n) is 29.3. The first-order chi connectivity index (χ1) is 23.8. The molecule has 4 N–H and O–H groups in total. The van der Waals surface area contributed by atoms with Gasteiger partial charge in [-0.05, 0) is 55.1 Å². The largest absolute Gasteiger partial charge is 0.480 e. The highest BCUT2D eigenvalue weighted by Crippen LogP contribution is 2.37. The minimum absolute atomic E-state index is 0.000382. The van der Waals surface area contributed by atoms with E-state index in [-0.39, 0.29) is 31.6 Å². The summed E-state index contributed by atoms with van der Waals surface area (Å²) in [5.41, 5.74) is 2.64. The van der Waals surface area contributed by atoms with Crippen molar-refractivity contribution in [3.05, 3.63) is 66.7 Å². The minimum atomic E-state index is -1.26. The number of carboxylic acids is 1. The Kier molecular flexibility index (Phi) is 11.2. The molecule has 2 heterocycles. The Balaban J connectivity index is 1.44. The molecule has 3 aliphatic rings. The van der Waals surface area contributed by atoms with E-state index in [1.807, 2.05) is 69.3 Å². The summed E-state index contributed by atoms with van der Waals surface area (Å²) in [5, 5.41) is 18.5. The number of anilines is 1. The number of carbonyl (C=O) groups excluding carboxylic acids is 4. The van der Waals surface area contributed by atoms with E-state index in [1.54, 1.807) is 11.8 Å². The fourth-order valence-corrected chi connectivity index (χ4v) is 7.26. The zero-order chi connectivity index (χ0) is 36.2. The number of alkyl carbamates (subject to hydrolysis) is 1. The van der Waals surface area contributed by atoms with Crippen LogP contribution in [0.5, 0.6) is 0 Å². The number of aliphatic carboxylic acids is 1. The van der Waals surface area contributed by atoms with Crippen LogP contribution in [0.1, 0.15) is 71.8 Å². The molecule has 0 bridgehead atoms. The summed E-state index contributed by atoms with van der Waals surface area (Å²) in [7, 11) is 0. The first kappa shape index (κ1) is 36.4. The number of nitrogens with one attached hydrogen (secondary N) is 3. The topological polar surface area (TPSA) is 157 Å². The van der Waals surface area contributed by atoms with Crippen LogP contribution in [0.4, 0.5) is 15.3 Å². The van der Waals surface area contributed by atoms with Gasteiger partial charge in [-0.15, -0.1) is 6.58 Å². The van der Waals surface area contributed by atoms with E-state index < -0.39 is 59.4 Å². The molecule has 2 aromatic carbocycles. The highest BCUT2D eigenvalue weighted by atomic mass is 16.6. The summed E-state index contributed by atoms with van der Waals surface area (Å²) in [6.45, 7) is 11.2. The maximum absolute atomic E-state index is 14.5. The van der Waals surface area contributed by atoms with Crippen LogP contribution in [0.15, 0.2) is 61.2 Å². The number of amides is 5. The second-order valence-corrected chi connectivity index (χ2v) is 14.5. The normalized spacial score (nSPS) is 21.0. The minimum Gasteiger partial charge on any atom is -0.480 e. The summed E-state index contributed by atoms with van der Waals surface area (Å²) in [6, 6.07) is 11.2. The van der Waals surface area contributed by atoms with Crippen molar-refractivity contribution in [3.63, 3.8) is 0 Å². The van der Waals surface area contributed by atoms with Gasteiger partial charge in [-0.2, -0.15) is 0 Å². The summed E-state index contributed by atoms with van der Waals surface area (Å²) in [6.07, 6.45) is 4.53. The van der Waals surface area contributed by atoms with Crippen molar-refractivity contribution in [2.24, 2.45) is 11.3 Å². The number of fused-ring (bicyclic) bond motifs is 1. The van der Waals surface area contributed by atoms with Crippen molar-refractivity contribution in [2.45, 2.75) is 103 Å². The van der Waals surface area contributed by atoms with Gasteiger partial charge < -0.3 is 35.6 Å². The van der Waals surface area contributed by atoms with E-state index in [1.165, 1.54) is 11.0 Å². The zero-order valence-corrected chi connectivity index (χ0v) is 29.3. The number of ether oxygens (including phenoxy) is 1. The molecule has 0 radical (unpaired) electrons. The lowest BCUT2D eigenvalue weighted by Crippen LogP contribution is -2.59. The van der Waals surface area contributed by atoms with E-state index in [2.05, 4.69) is 22.5 Å². The fraction of sp³-hybridized carbons (Fsp3) is 0.500. The molecule has 0 spiro atoms. The number of likely N-dealkylation sites (tertiary alicyclic amines) is 1. The molecule has 5 rings (SSSR count). The second kappa shape index (κ2) is 15.3. The Morgan fingerprint density at radius 2 is 1.76 bits per heavy atom. The lowest BCUT2D eigenvalue weighted by molar-refractivity contribution is -0.145. The van der Waals surface area contributed by atoms with Crippen molar-refractivity contribution in [3.8, 4) is 11.1 Å². The van der Waals surface area contributed by atoms with Crippen LogP contribution in [-0.4, -0.2) is 81.6 Å². The molecule has 12 heteroatoms. The molecule has 5 amide bonds. The van der Waals surface area contributed by atoms with Gasteiger partial charge in [0.2, 0.25) is 11.8 Å². The van der Waals surface area contributed by atoms with Crippen molar-refractivity contribution in [1.29, 1.82) is 0 Å². The molecule has 1 saturated carbocycles. The van der Waals surface area contributed by atoms with Gasteiger partial charge in [0, 0.05) is 24.6 Å².